The Bertz CT molecular complexity index is 225. The molecular formula is C10H19NO4. The van der Waals surface area contributed by atoms with Crippen LogP contribution >= 0.6 is 0 Å². The first kappa shape index (κ1) is 12.4. The molecule has 0 bridgehead atoms. The van der Waals surface area contributed by atoms with Crippen LogP contribution < -0.4 is 0 Å². The lowest BCUT2D eigenvalue weighted by molar-refractivity contribution is -0.151. The summed E-state index contributed by atoms with van der Waals surface area (Å²) in [6, 6.07) is 0. The molecule has 0 radical (unpaired) electrons. The number of aliphatic hydroxyl groups is 2. The third-order valence-corrected chi connectivity index (χ3v) is 2.71. The highest BCUT2D eigenvalue weighted by Crippen LogP contribution is 2.26. The minimum atomic E-state index is -0.885. The van der Waals surface area contributed by atoms with Gasteiger partial charge in [-0.25, -0.2) is 0 Å². The average Bonchev–Trinajstić information content (AvgIpc) is 2.65. The minimum absolute atomic E-state index is 0.132. The molecule has 0 aromatic carbocycles. The van der Waals surface area contributed by atoms with Crippen molar-refractivity contribution < 1.29 is 19.7 Å². The van der Waals surface area contributed by atoms with E-state index in [0.717, 1.165) is 6.42 Å². The summed E-state index contributed by atoms with van der Waals surface area (Å²) in [5.41, 5.74) is -0.746. The minimum Gasteiger partial charge on any atom is -0.394 e. The van der Waals surface area contributed by atoms with Crippen molar-refractivity contribution >= 4 is 5.91 Å². The largest absolute Gasteiger partial charge is 0.394 e. The lowest BCUT2D eigenvalue weighted by atomic mass is 10.0. The maximum atomic E-state index is 11.9. The van der Waals surface area contributed by atoms with E-state index >= 15 is 0 Å². The van der Waals surface area contributed by atoms with Gasteiger partial charge in [-0.05, 0) is 19.8 Å². The summed E-state index contributed by atoms with van der Waals surface area (Å²) in [5.74, 6) is -0.132. The Kier molecular flexibility index (Phi) is 4.07. The van der Waals surface area contributed by atoms with Gasteiger partial charge in [0.25, 0.3) is 5.91 Å². The van der Waals surface area contributed by atoms with Gasteiger partial charge in [0.1, 0.15) is 5.60 Å². The first-order chi connectivity index (χ1) is 6.99. The van der Waals surface area contributed by atoms with Crippen LogP contribution in [0, 0.1) is 0 Å². The smallest absolute Gasteiger partial charge is 0.254 e. The number of hydrogen-bond acceptors (Lipinski definition) is 4. The topological polar surface area (TPSA) is 70.0 Å². The summed E-state index contributed by atoms with van der Waals surface area (Å²) >= 11 is 0. The van der Waals surface area contributed by atoms with Gasteiger partial charge in [-0.2, -0.15) is 0 Å². The quantitative estimate of drug-likeness (QED) is 0.657. The van der Waals surface area contributed by atoms with Gasteiger partial charge in [-0.3, -0.25) is 4.79 Å². The summed E-state index contributed by atoms with van der Waals surface area (Å²) in [5, 5.41) is 17.9. The molecule has 1 aliphatic rings. The van der Waals surface area contributed by atoms with Gasteiger partial charge in [0, 0.05) is 20.2 Å². The molecule has 1 saturated heterocycles. The van der Waals surface area contributed by atoms with Crippen molar-refractivity contribution in [2.24, 2.45) is 0 Å². The summed E-state index contributed by atoms with van der Waals surface area (Å²) < 4.78 is 5.40. The molecular weight excluding hydrogens is 198 g/mol. The standard InChI is InChI=1S/C10H19NO4/c1-10(4-3-5-15-10)9(14)11(2)6-8(13)7-12/h8,12-13H,3-7H2,1-2H3/t8-,10?/m0/s1. The van der Waals surface area contributed by atoms with E-state index in [0.29, 0.717) is 13.0 Å². The first-order valence-electron chi connectivity index (χ1n) is 5.18. The number of ether oxygens (including phenoxy) is 1. The third-order valence-electron chi connectivity index (χ3n) is 2.71. The summed E-state index contributed by atoms with van der Waals surface area (Å²) in [6.45, 7) is 2.17. The molecule has 1 rings (SSSR count). The Hall–Kier alpha value is -0.650. The molecule has 15 heavy (non-hydrogen) atoms. The number of aliphatic hydroxyl groups excluding tert-OH is 2. The number of likely N-dealkylation sites (N-methyl/N-ethyl adjacent to an activating group) is 1. The van der Waals surface area contributed by atoms with Crippen LogP contribution in [0.25, 0.3) is 0 Å². The maximum absolute atomic E-state index is 11.9. The Balaban J connectivity index is 2.52. The fourth-order valence-corrected chi connectivity index (χ4v) is 1.81. The maximum Gasteiger partial charge on any atom is 0.254 e. The molecule has 1 fully saturated rings. The molecule has 1 amide bonds. The zero-order chi connectivity index (χ0) is 11.5. The lowest BCUT2D eigenvalue weighted by Gasteiger charge is -2.29. The summed E-state index contributed by atoms with van der Waals surface area (Å²) in [6.07, 6.45) is 0.716. The van der Waals surface area contributed by atoms with Gasteiger partial charge in [0.05, 0.1) is 12.7 Å². The number of amides is 1. The Morgan fingerprint density at radius 2 is 2.33 bits per heavy atom. The van der Waals surface area contributed by atoms with Crippen molar-refractivity contribution in [3.05, 3.63) is 0 Å². The van der Waals surface area contributed by atoms with Crippen molar-refractivity contribution in [2.45, 2.75) is 31.5 Å². The van der Waals surface area contributed by atoms with Crippen molar-refractivity contribution in [1.29, 1.82) is 0 Å². The van der Waals surface area contributed by atoms with Crippen LogP contribution in [0.5, 0.6) is 0 Å². The number of carbonyl (C=O) groups is 1. The van der Waals surface area contributed by atoms with Crippen molar-refractivity contribution in [3.63, 3.8) is 0 Å². The van der Waals surface area contributed by atoms with Crippen molar-refractivity contribution in [1.82, 2.24) is 4.90 Å². The predicted octanol–water partition coefficient (Wildman–Crippen LogP) is -0.633. The predicted molar refractivity (Wildman–Crippen MR) is 54.3 cm³/mol. The van der Waals surface area contributed by atoms with Gasteiger partial charge in [0.15, 0.2) is 0 Å². The van der Waals surface area contributed by atoms with Crippen LogP contribution in [0.1, 0.15) is 19.8 Å². The average molecular weight is 217 g/mol. The molecule has 5 heteroatoms. The molecule has 5 nitrogen and oxygen atoms in total. The molecule has 2 N–H and O–H groups in total. The fourth-order valence-electron chi connectivity index (χ4n) is 1.81. The van der Waals surface area contributed by atoms with E-state index in [-0.39, 0.29) is 19.1 Å². The monoisotopic (exact) mass is 217 g/mol. The van der Waals surface area contributed by atoms with Gasteiger partial charge >= 0.3 is 0 Å². The van der Waals surface area contributed by atoms with Crippen molar-refractivity contribution in [2.75, 3.05) is 26.8 Å². The SMILES string of the molecule is CN(C[C@H](O)CO)C(=O)C1(C)CCCO1. The number of carbonyl (C=O) groups excluding carboxylic acids is 1. The van der Waals surface area contributed by atoms with Crippen LogP contribution in [0.3, 0.4) is 0 Å². The molecule has 1 heterocycles. The van der Waals surface area contributed by atoms with Crippen LogP contribution in [0.15, 0.2) is 0 Å². The van der Waals surface area contributed by atoms with E-state index in [2.05, 4.69) is 0 Å². The van der Waals surface area contributed by atoms with Crippen LogP contribution in [0.2, 0.25) is 0 Å². The third kappa shape index (κ3) is 2.90. The second kappa shape index (κ2) is 4.92. The summed E-state index contributed by atoms with van der Waals surface area (Å²) in [7, 11) is 1.61. The second-order valence-electron chi connectivity index (χ2n) is 4.20. The Labute approximate surface area is 89.6 Å². The highest BCUT2D eigenvalue weighted by molar-refractivity contribution is 5.84. The molecule has 88 valence electrons. The molecule has 0 aliphatic carbocycles. The number of rotatable bonds is 4. The normalized spacial score (nSPS) is 27.7. The zero-order valence-corrected chi connectivity index (χ0v) is 9.27. The van der Waals surface area contributed by atoms with Crippen LogP contribution in [-0.2, 0) is 9.53 Å². The number of hydrogen-bond donors (Lipinski definition) is 2. The van der Waals surface area contributed by atoms with E-state index in [1.807, 2.05) is 0 Å². The molecule has 0 aromatic rings. The molecule has 1 aliphatic heterocycles. The van der Waals surface area contributed by atoms with E-state index in [9.17, 15) is 9.90 Å². The highest BCUT2D eigenvalue weighted by Gasteiger charge is 2.39. The first-order valence-corrected chi connectivity index (χ1v) is 5.18. The van der Waals surface area contributed by atoms with E-state index in [1.165, 1.54) is 4.90 Å². The molecule has 0 aromatic heterocycles. The molecule has 2 atom stereocenters. The molecule has 0 saturated carbocycles. The van der Waals surface area contributed by atoms with Gasteiger partial charge in [-0.1, -0.05) is 0 Å². The summed E-state index contributed by atoms with van der Waals surface area (Å²) in [4.78, 5) is 13.3. The number of nitrogens with zero attached hydrogens (tertiary/aromatic N) is 1. The second-order valence-corrected chi connectivity index (χ2v) is 4.20. The van der Waals surface area contributed by atoms with Gasteiger partial charge in [-0.15, -0.1) is 0 Å². The Morgan fingerprint density at radius 1 is 1.67 bits per heavy atom. The van der Waals surface area contributed by atoms with Gasteiger partial charge < -0.3 is 19.8 Å². The van der Waals surface area contributed by atoms with Crippen molar-refractivity contribution in [3.8, 4) is 0 Å². The highest BCUT2D eigenvalue weighted by atomic mass is 16.5. The Morgan fingerprint density at radius 3 is 2.80 bits per heavy atom. The lowest BCUT2D eigenvalue weighted by Crippen LogP contribution is -2.47. The zero-order valence-electron chi connectivity index (χ0n) is 9.27. The van der Waals surface area contributed by atoms with Crippen LogP contribution in [0.4, 0.5) is 0 Å². The van der Waals surface area contributed by atoms with E-state index < -0.39 is 11.7 Å². The molecule has 0 spiro atoms. The van der Waals surface area contributed by atoms with Crippen LogP contribution in [-0.4, -0.2) is 59.5 Å². The van der Waals surface area contributed by atoms with Gasteiger partial charge in [0.2, 0.25) is 0 Å². The van der Waals surface area contributed by atoms with E-state index in [4.69, 9.17) is 9.84 Å². The molecule has 1 unspecified atom stereocenters. The fraction of sp³-hybridized carbons (Fsp3) is 0.900. The van der Waals surface area contributed by atoms with E-state index in [1.54, 1.807) is 14.0 Å².